The van der Waals surface area contributed by atoms with Gasteiger partial charge in [-0.1, -0.05) is 42.5 Å². The second-order valence-corrected chi connectivity index (χ2v) is 9.32. The minimum Gasteiger partial charge on any atom is -0.497 e. The van der Waals surface area contributed by atoms with Crippen LogP contribution < -0.4 is 15.4 Å². The minimum atomic E-state index is -0.378. The number of carbonyl (C=O) groups excluding carboxylic acids is 1. The molecule has 0 bridgehead atoms. The number of benzene rings is 3. The van der Waals surface area contributed by atoms with E-state index in [0.717, 1.165) is 46.6 Å². The lowest BCUT2D eigenvalue weighted by atomic mass is 10.1. The molecule has 6 rings (SSSR count). The zero-order valence-electron chi connectivity index (χ0n) is 20.5. The van der Waals surface area contributed by atoms with Crippen molar-refractivity contribution in [2.24, 2.45) is 0 Å². The fourth-order valence-electron chi connectivity index (χ4n) is 4.49. The van der Waals surface area contributed by atoms with E-state index in [1.807, 2.05) is 84.9 Å². The molecular formula is C29H28N6O2. The number of amides is 2. The molecule has 186 valence electrons. The first-order chi connectivity index (χ1) is 18.2. The van der Waals surface area contributed by atoms with Gasteiger partial charge in [0.25, 0.3) is 0 Å². The molecule has 2 amide bonds. The van der Waals surface area contributed by atoms with Crippen molar-refractivity contribution < 1.29 is 9.53 Å². The highest BCUT2D eigenvalue weighted by Crippen LogP contribution is 2.40. The molecule has 1 atom stereocenters. The van der Waals surface area contributed by atoms with Gasteiger partial charge in [0, 0.05) is 12.0 Å². The fourth-order valence-corrected chi connectivity index (χ4v) is 4.49. The molecule has 0 saturated heterocycles. The van der Waals surface area contributed by atoms with E-state index in [9.17, 15) is 4.79 Å². The number of fused-ring (bicyclic) bond motifs is 1. The average molecular weight is 493 g/mol. The molecule has 5 aromatic rings. The zero-order chi connectivity index (χ0) is 25.2. The summed E-state index contributed by atoms with van der Waals surface area (Å²) in [5.41, 5.74) is 4.74. The highest BCUT2D eigenvalue weighted by molar-refractivity contribution is 5.89. The third-order valence-corrected chi connectivity index (χ3v) is 6.61. The van der Waals surface area contributed by atoms with Gasteiger partial charge in [0.15, 0.2) is 0 Å². The van der Waals surface area contributed by atoms with E-state index in [-0.39, 0.29) is 12.1 Å². The molecule has 37 heavy (non-hydrogen) atoms. The second kappa shape index (κ2) is 9.81. The highest BCUT2D eigenvalue weighted by atomic mass is 16.5. The van der Waals surface area contributed by atoms with Crippen molar-refractivity contribution in [2.45, 2.75) is 31.2 Å². The summed E-state index contributed by atoms with van der Waals surface area (Å²) in [5, 5.41) is 11.0. The van der Waals surface area contributed by atoms with E-state index in [1.54, 1.807) is 11.8 Å². The molecule has 2 heterocycles. The fraction of sp³-hybridized carbons (Fsp3) is 0.207. The van der Waals surface area contributed by atoms with Gasteiger partial charge in [-0.05, 0) is 61.2 Å². The lowest BCUT2D eigenvalue weighted by molar-refractivity contribution is 0.248. The molecule has 1 aliphatic rings. The molecule has 8 heteroatoms. The predicted octanol–water partition coefficient (Wildman–Crippen LogP) is 5.74. The summed E-state index contributed by atoms with van der Waals surface area (Å²) in [7, 11) is 1.65. The number of aromatic nitrogens is 4. The van der Waals surface area contributed by atoms with Crippen molar-refractivity contribution in [3.8, 4) is 11.4 Å². The summed E-state index contributed by atoms with van der Waals surface area (Å²) in [4.78, 5) is 21.5. The lowest BCUT2D eigenvalue weighted by Crippen LogP contribution is -2.34. The number of hydrogen-bond acceptors (Lipinski definition) is 4. The summed E-state index contributed by atoms with van der Waals surface area (Å²) in [5.74, 6) is 2.59. The Balaban J connectivity index is 1.27. The van der Waals surface area contributed by atoms with Crippen molar-refractivity contribution in [1.29, 1.82) is 0 Å². The minimum absolute atomic E-state index is 0.321. The molecule has 0 spiro atoms. The second-order valence-electron chi connectivity index (χ2n) is 9.32. The normalized spacial score (nSPS) is 13.9. The Bertz CT molecular complexity index is 1490. The van der Waals surface area contributed by atoms with Crippen LogP contribution in [0.25, 0.3) is 16.7 Å². The lowest BCUT2D eigenvalue weighted by Gasteiger charge is -2.18. The van der Waals surface area contributed by atoms with Crippen LogP contribution in [0, 0.1) is 0 Å². The number of imidazole rings is 1. The van der Waals surface area contributed by atoms with Gasteiger partial charge in [0.05, 0.1) is 35.6 Å². The van der Waals surface area contributed by atoms with Crippen LogP contribution in [-0.2, 0) is 6.42 Å². The number of aromatic amines is 1. The van der Waals surface area contributed by atoms with Crippen LogP contribution in [0.5, 0.6) is 5.75 Å². The maximum absolute atomic E-state index is 13.4. The van der Waals surface area contributed by atoms with Crippen LogP contribution >= 0.6 is 0 Å². The van der Waals surface area contributed by atoms with E-state index >= 15 is 0 Å². The first-order valence-corrected chi connectivity index (χ1v) is 12.5. The Morgan fingerprint density at radius 3 is 2.54 bits per heavy atom. The number of H-pyrrole nitrogens is 1. The van der Waals surface area contributed by atoms with Gasteiger partial charge in [-0.15, -0.1) is 0 Å². The monoisotopic (exact) mass is 492 g/mol. The summed E-state index contributed by atoms with van der Waals surface area (Å²) in [6, 6.07) is 26.8. The number of para-hydroxylation sites is 3. The maximum atomic E-state index is 13.4. The van der Waals surface area contributed by atoms with Crippen LogP contribution in [0.1, 0.15) is 41.9 Å². The molecule has 8 nitrogen and oxygen atoms in total. The number of carbonyl (C=O) groups is 1. The van der Waals surface area contributed by atoms with Crippen molar-refractivity contribution >= 4 is 22.9 Å². The molecule has 3 aromatic carbocycles. The van der Waals surface area contributed by atoms with E-state index in [4.69, 9.17) is 14.8 Å². The summed E-state index contributed by atoms with van der Waals surface area (Å²) in [6.45, 7) is 0. The van der Waals surface area contributed by atoms with Gasteiger partial charge in [0.1, 0.15) is 17.4 Å². The smallest absolute Gasteiger partial charge is 0.321 e. The van der Waals surface area contributed by atoms with Crippen LogP contribution in [0.15, 0.2) is 84.9 Å². The standard InChI is InChI=1S/C29H28N6O2/c1-37-22-15-11-19(12-16-22)17-26(28-30-23-9-5-6-10-24(23)31-28)32-29(36)33-27-18-25(20-13-14-20)34-35(27)21-7-3-2-4-8-21/h2-12,15-16,18,20,26H,13-14,17H2,1H3,(H,30,31)(H2,32,33,36). The van der Waals surface area contributed by atoms with E-state index < -0.39 is 0 Å². The number of nitrogens with one attached hydrogen (secondary N) is 3. The number of anilines is 1. The molecule has 0 radical (unpaired) electrons. The van der Waals surface area contributed by atoms with Gasteiger partial charge < -0.3 is 15.0 Å². The van der Waals surface area contributed by atoms with Crippen LogP contribution in [-0.4, -0.2) is 32.9 Å². The Labute approximate surface area is 214 Å². The van der Waals surface area contributed by atoms with Crippen molar-refractivity contribution in [3.63, 3.8) is 0 Å². The third-order valence-electron chi connectivity index (χ3n) is 6.61. The number of urea groups is 1. The van der Waals surface area contributed by atoms with Crippen LogP contribution in [0.4, 0.5) is 10.6 Å². The van der Waals surface area contributed by atoms with E-state index in [0.29, 0.717) is 24.0 Å². The van der Waals surface area contributed by atoms with Crippen molar-refractivity contribution in [1.82, 2.24) is 25.1 Å². The van der Waals surface area contributed by atoms with Gasteiger partial charge in [0.2, 0.25) is 0 Å². The zero-order valence-corrected chi connectivity index (χ0v) is 20.5. The largest absolute Gasteiger partial charge is 0.497 e. The first kappa shape index (κ1) is 22.8. The SMILES string of the molecule is COc1ccc(CC(NC(=O)Nc2cc(C3CC3)nn2-c2ccccc2)c2nc3ccccc3[nH]2)cc1. The van der Waals surface area contributed by atoms with Crippen LogP contribution in [0.2, 0.25) is 0 Å². The molecule has 1 fully saturated rings. The summed E-state index contributed by atoms with van der Waals surface area (Å²) >= 11 is 0. The Morgan fingerprint density at radius 2 is 1.81 bits per heavy atom. The molecule has 3 N–H and O–H groups in total. The number of rotatable bonds is 8. The third kappa shape index (κ3) is 5.04. The van der Waals surface area contributed by atoms with Crippen molar-refractivity contribution in [3.05, 3.63) is 102 Å². The van der Waals surface area contributed by atoms with Crippen LogP contribution in [0.3, 0.4) is 0 Å². The molecular weight excluding hydrogens is 464 g/mol. The van der Waals surface area contributed by atoms with Gasteiger partial charge >= 0.3 is 6.03 Å². The van der Waals surface area contributed by atoms with Gasteiger partial charge in [-0.25, -0.2) is 14.5 Å². The maximum Gasteiger partial charge on any atom is 0.321 e. The first-order valence-electron chi connectivity index (χ1n) is 12.5. The number of hydrogen-bond donors (Lipinski definition) is 3. The summed E-state index contributed by atoms with van der Waals surface area (Å²) < 4.78 is 7.09. The molecule has 1 saturated carbocycles. The van der Waals surface area contributed by atoms with Crippen molar-refractivity contribution in [2.75, 3.05) is 12.4 Å². The highest BCUT2D eigenvalue weighted by Gasteiger charge is 2.28. The topological polar surface area (TPSA) is 96.9 Å². The number of nitrogens with zero attached hydrogens (tertiary/aromatic N) is 3. The Hall–Kier alpha value is -4.59. The predicted molar refractivity (Wildman–Crippen MR) is 143 cm³/mol. The molecule has 2 aromatic heterocycles. The quantitative estimate of drug-likeness (QED) is 0.257. The molecule has 1 aliphatic carbocycles. The Kier molecular flexibility index (Phi) is 6.06. The molecule has 1 unspecified atom stereocenters. The van der Waals surface area contributed by atoms with Gasteiger partial charge in [-0.3, -0.25) is 5.32 Å². The average Bonchev–Trinajstić information content (AvgIpc) is 3.55. The molecule has 0 aliphatic heterocycles. The van der Waals surface area contributed by atoms with E-state index in [2.05, 4.69) is 15.6 Å². The van der Waals surface area contributed by atoms with E-state index in [1.165, 1.54) is 0 Å². The number of methoxy groups -OCH3 is 1. The summed E-state index contributed by atoms with van der Waals surface area (Å²) in [6.07, 6.45) is 2.82. The van der Waals surface area contributed by atoms with Gasteiger partial charge in [-0.2, -0.15) is 5.10 Å². The Morgan fingerprint density at radius 1 is 1.05 bits per heavy atom. The number of ether oxygens (including phenoxy) is 1.